The Bertz CT molecular complexity index is 1070. The SMILES string of the molecule is C=CCn1c(=NC(=O)c2cc(C)nn2C(C)C)sc2cc(C(C)C)ccc21. The number of thiazole rings is 1. The quantitative estimate of drug-likeness (QED) is 0.593. The normalized spacial score (nSPS) is 12.5. The molecule has 0 N–H and O–H groups in total. The molecular formula is C21H26N4OS. The van der Waals surface area contributed by atoms with Crippen LogP contribution >= 0.6 is 11.3 Å². The van der Waals surface area contributed by atoms with E-state index in [1.54, 1.807) is 10.7 Å². The number of fused-ring (bicyclic) bond motifs is 1. The van der Waals surface area contributed by atoms with Crippen LogP contribution in [0.3, 0.4) is 0 Å². The molecule has 6 heteroatoms. The summed E-state index contributed by atoms with van der Waals surface area (Å²) in [6.45, 7) is 14.7. The van der Waals surface area contributed by atoms with Gasteiger partial charge < -0.3 is 4.57 Å². The van der Waals surface area contributed by atoms with Crippen LogP contribution in [0.4, 0.5) is 0 Å². The second-order valence-corrected chi connectivity index (χ2v) is 8.30. The zero-order chi connectivity index (χ0) is 19.7. The average Bonchev–Trinajstić information content (AvgIpc) is 3.16. The van der Waals surface area contributed by atoms with Crippen LogP contribution in [0, 0.1) is 6.92 Å². The molecule has 0 saturated carbocycles. The number of hydrogen-bond acceptors (Lipinski definition) is 3. The molecule has 3 aromatic rings. The van der Waals surface area contributed by atoms with Gasteiger partial charge in [-0.1, -0.05) is 37.3 Å². The summed E-state index contributed by atoms with van der Waals surface area (Å²) < 4.78 is 4.91. The Hall–Kier alpha value is -2.47. The number of rotatable bonds is 5. The fraction of sp³-hybridized carbons (Fsp3) is 0.381. The van der Waals surface area contributed by atoms with E-state index in [1.807, 2.05) is 31.4 Å². The van der Waals surface area contributed by atoms with Crippen molar-refractivity contribution in [3.05, 3.63) is 58.7 Å². The van der Waals surface area contributed by atoms with E-state index in [9.17, 15) is 4.79 Å². The molecule has 0 unspecified atom stereocenters. The van der Waals surface area contributed by atoms with Crippen molar-refractivity contribution in [2.75, 3.05) is 0 Å². The lowest BCUT2D eigenvalue weighted by molar-refractivity contribution is 0.0986. The first-order valence-electron chi connectivity index (χ1n) is 9.21. The van der Waals surface area contributed by atoms with Crippen molar-refractivity contribution >= 4 is 27.5 Å². The van der Waals surface area contributed by atoms with Crippen molar-refractivity contribution < 1.29 is 4.79 Å². The van der Waals surface area contributed by atoms with Crippen molar-refractivity contribution in [2.45, 2.75) is 53.1 Å². The molecule has 5 nitrogen and oxygen atoms in total. The van der Waals surface area contributed by atoms with Gasteiger partial charge in [-0.15, -0.1) is 6.58 Å². The zero-order valence-electron chi connectivity index (χ0n) is 16.6. The lowest BCUT2D eigenvalue weighted by Crippen LogP contribution is -2.18. The first-order chi connectivity index (χ1) is 12.8. The molecular weight excluding hydrogens is 356 g/mol. The molecule has 0 atom stereocenters. The van der Waals surface area contributed by atoms with Gasteiger partial charge in [-0.3, -0.25) is 9.48 Å². The van der Waals surface area contributed by atoms with Crippen LogP contribution in [0.5, 0.6) is 0 Å². The van der Waals surface area contributed by atoms with Crippen molar-refractivity contribution in [1.29, 1.82) is 0 Å². The maximum Gasteiger partial charge on any atom is 0.297 e. The predicted molar refractivity (Wildman–Crippen MR) is 111 cm³/mol. The van der Waals surface area contributed by atoms with Gasteiger partial charge in [-0.2, -0.15) is 10.1 Å². The monoisotopic (exact) mass is 382 g/mol. The fourth-order valence-electron chi connectivity index (χ4n) is 3.05. The van der Waals surface area contributed by atoms with Crippen LogP contribution < -0.4 is 4.80 Å². The Balaban J connectivity index is 2.16. The van der Waals surface area contributed by atoms with Gasteiger partial charge in [0.15, 0.2) is 4.80 Å². The summed E-state index contributed by atoms with van der Waals surface area (Å²) in [5, 5.41) is 4.42. The third-order valence-electron chi connectivity index (χ3n) is 4.45. The number of allylic oxidation sites excluding steroid dienone is 1. The minimum absolute atomic E-state index is 0.101. The first-order valence-corrected chi connectivity index (χ1v) is 10.0. The Morgan fingerprint density at radius 3 is 2.67 bits per heavy atom. The van der Waals surface area contributed by atoms with Crippen LogP contribution in [-0.4, -0.2) is 20.3 Å². The van der Waals surface area contributed by atoms with Gasteiger partial charge >= 0.3 is 0 Å². The van der Waals surface area contributed by atoms with Gasteiger partial charge in [0.05, 0.1) is 15.9 Å². The third kappa shape index (κ3) is 3.81. The maximum absolute atomic E-state index is 12.9. The molecule has 0 radical (unpaired) electrons. The highest BCUT2D eigenvalue weighted by molar-refractivity contribution is 7.16. The number of amides is 1. The molecule has 0 saturated heterocycles. The summed E-state index contributed by atoms with van der Waals surface area (Å²) in [6.07, 6.45) is 1.83. The molecule has 27 heavy (non-hydrogen) atoms. The molecule has 3 rings (SSSR count). The van der Waals surface area contributed by atoms with Crippen molar-refractivity contribution in [3.63, 3.8) is 0 Å². The van der Waals surface area contributed by atoms with E-state index in [4.69, 9.17) is 0 Å². The standard InChI is InChI=1S/C21H26N4OS/c1-7-10-24-17-9-8-16(13(2)3)12-19(17)27-21(24)22-20(26)18-11-15(6)23-25(18)14(4)5/h7-9,11-14H,1,10H2,2-6H3. The average molecular weight is 383 g/mol. The van der Waals surface area contributed by atoms with Crippen LogP contribution in [0.1, 0.15) is 61.4 Å². The largest absolute Gasteiger partial charge is 0.312 e. The summed E-state index contributed by atoms with van der Waals surface area (Å²) in [7, 11) is 0. The number of nitrogens with zero attached hydrogens (tertiary/aromatic N) is 4. The van der Waals surface area contributed by atoms with Gasteiger partial charge in [0.2, 0.25) is 0 Å². The topological polar surface area (TPSA) is 52.2 Å². The molecule has 2 aromatic heterocycles. The van der Waals surface area contributed by atoms with E-state index < -0.39 is 0 Å². The molecule has 0 aliphatic carbocycles. The van der Waals surface area contributed by atoms with E-state index in [1.165, 1.54) is 16.9 Å². The lowest BCUT2D eigenvalue weighted by atomic mass is 10.0. The van der Waals surface area contributed by atoms with Crippen LogP contribution in [0.25, 0.3) is 10.2 Å². The number of carbonyl (C=O) groups is 1. The smallest absolute Gasteiger partial charge is 0.297 e. The van der Waals surface area contributed by atoms with E-state index in [0.717, 1.165) is 15.9 Å². The third-order valence-corrected chi connectivity index (χ3v) is 5.49. The first kappa shape index (κ1) is 19.3. The number of hydrogen-bond donors (Lipinski definition) is 0. The fourth-order valence-corrected chi connectivity index (χ4v) is 4.14. The Morgan fingerprint density at radius 2 is 2.04 bits per heavy atom. The van der Waals surface area contributed by atoms with E-state index >= 15 is 0 Å². The summed E-state index contributed by atoms with van der Waals surface area (Å²) in [5.74, 6) is 0.187. The van der Waals surface area contributed by atoms with Crippen molar-refractivity contribution in [3.8, 4) is 0 Å². The Labute approximate surface area is 163 Å². The second-order valence-electron chi connectivity index (χ2n) is 7.29. The molecule has 2 heterocycles. The van der Waals surface area contributed by atoms with Crippen LogP contribution in [0.2, 0.25) is 0 Å². The van der Waals surface area contributed by atoms with Gasteiger partial charge in [-0.05, 0) is 50.5 Å². The number of aromatic nitrogens is 3. The number of aryl methyl sites for hydroxylation is 1. The van der Waals surface area contributed by atoms with Gasteiger partial charge in [-0.25, -0.2) is 0 Å². The van der Waals surface area contributed by atoms with Crippen molar-refractivity contribution in [1.82, 2.24) is 14.3 Å². The van der Waals surface area contributed by atoms with E-state index in [-0.39, 0.29) is 11.9 Å². The summed E-state index contributed by atoms with van der Waals surface area (Å²) in [6, 6.07) is 8.34. The molecule has 0 spiro atoms. The number of carbonyl (C=O) groups excluding carboxylic acids is 1. The molecule has 142 valence electrons. The predicted octanol–water partition coefficient (Wildman–Crippen LogP) is 4.84. The van der Waals surface area contributed by atoms with Crippen molar-refractivity contribution in [2.24, 2.45) is 4.99 Å². The van der Waals surface area contributed by atoms with Gasteiger partial charge in [0.1, 0.15) is 5.69 Å². The molecule has 0 aliphatic heterocycles. The van der Waals surface area contributed by atoms with Crippen LogP contribution in [0.15, 0.2) is 41.9 Å². The second kappa shape index (κ2) is 7.64. The highest BCUT2D eigenvalue weighted by Crippen LogP contribution is 2.24. The summed E-state index contributed by atoms with van der Waals surface area (Å²) in [4.78, 5) is 18.0. The zero-order valence-corrected chi connectivity index (χ0v) is 17.4. The molecule has 1 amide bonds. The van der Waals surface area contributed by atoms with Crippen LogP contribution in [-0.2, 0) is 6.54 Å². The highest BCUT2D eigenvalue weighted by Gasteiger charge is 2.16. The molecule has 0 fully saturated rings. The van der Waals surface area contributed by atoms with E-state index in [0.29, 0.717) is 23.0 Å². The molecule has 0 aliphatic rings. The number of benzene rings is 1. The van der Waals surface area contributed by atoms with Gasteiger partial charge in [0, 0.05) is 12.6 Å². The minimum Gasteiger partial charge on any atom is -0.312 e. The Kier molecular flexibility index (Phi) is 5.46. The summed E-state index contributed by atoms with van der Waals surface area (Å²) in [5.41, 5.74) is 3.69. The maximum atomic E-state index is 12.9. The van der Waals surface area contributed by atoms with Gasteiger partial charge in [0.25, 0.3) is 5.91 Å². The highest BCUT2D eigenvalue weighted by atomic mass is 32.1. The lowest BCUT2D eigenvalue weighted by Gasteiger charge is -2.08. The Morgan fingerprint density at radius 1 is 1.30 bits per heavy atom. The molecule has 0 bridgehead atoms. The molecule has 1 aromatic carbocycles. The summed E-state index contributed by atoms with van der Waals surface area (Å²) >= 11 is 1.54. The van der Waals surface area contributed by atoms with E-state index in [2.05, 4.69) is 48.7 Å². The minimum atomic E-state index is -0.266.